The average Bonchev–Trinajstić information content (AvgIpc) is 3.61. The average molecular weight is 757 g/mol. The van der Waals surface area contributed by atoms with Crippen LogP contribution in [-0.2, 0) is 5.41 Å². The van der Waals surface area contributed by atoms with Crippen molar-refractivity contribution in [2.45, 2.75) is 18.5 Å². The quantitative estimate of drug-likeness (QED) is 0.162. The summed E-state index contributed by atoms with van der Waals surface area (Å²) in [5, 5.41) is 8.14. The molecule has 0 amide bonds. The van der Waals surface area contributed by atoms with Gasteiger partial charge in [-0.1, -0.05) is 159 Å². The van der Waals surface area contributed by atoms with Gasteiger partial charge in [-0.05, 0) is 115 Å². The van der Waals surface area contributed by atoms with Crippen molar-refractivity contribution in [3.05, 3.63) is 229 Å². The summed E-state index contributed by atoms with van der Waals surface area (Å²) in [5.74, 6) is 0. The number of benzene rings is 9. The van der Waals surface area contributed by atoms with Gasteiger partial charge in [0, 0.05) is 33.5 Å². The van der Waals surface area contributed by atoms with E-state index < -0.39 is 13.5 Å². The Balaban J connectivity index is 1.14. The number of para-hydroxylation sites is 3. The van der Waals surface area contributed by atoms with E-state index in [2.05, 4.69) is 229 Å². The smallest absolute Gasteiger partial charge is 0.113 e. The molecule has 1 aromatic heterocycles. The maximum Gasteiger partial charge on any atom is 0.113 e. The number of anilines is 3. The summed E-state index contributed by atoms with van der Waals surface area (Å²) in [6.07, 6.45) is 0. The highest BCUT2D eigenvalue weighted by molar-refractivity contribution is 7.01. The highest BCUT2D eigenvalue weighted by Crippen LogP contribution is 2.56. The number of nitrogens with zero attached hydrogens (tertiary/aromatic N) is 2. The molecule has 0 fully saturated rings. The zero-order valence-electron chi connectivity index (χ0n) is 32.5. The molecule has 1 aliphatic heterocycles. The van der Waals surface area contributed by atoms with Gasteiger partial charge in [-0.15, -0.1) is 0 Å². The number of rotatable bonds is 4. The molecule has 58 heavy (non-hydrogen) atoms. The second-order valence-electron chi connectivity index (χ2n) is 16.5. The van der Waals surface area contributed by atoms with E-state index in [9.17, 15) is 0 Å². The van der Waals surface area contributed by atoms with Gasteiger partial charge in [0.1, 0.15) is 8.07 Å². The lowest BCUT2D eigenvalue weighted by Crippen LogP contribution is -2.63. The van der Waals surface area contributed by atoms with Crippen LogP contribution in [0.2, 0.25) is 13.1 Å². The fourth-order valence-electron chi connectivity index (χ4n) is 10.8. The van der Waals surface area contributed by atoms with Crippen LogP contribution in [0.4, 0.5) is 17.1 Å². The largest absolute Gasteiger partial charge is 0.310 e. The highest BCUT2D eigenvalue weighted by Gasteiger charge is 2.52. The molecule has 2 heterocycles. The Hall–Kier alpha value is -6.94. The van der Waals surface area contributed by atoms with Gasteiger partial charge in [0.15, 0.2) is 0 Å². The first-order valence-corrected chi connectivity index (χ1v) is 23.4. The van der Waals surface area contributed by atoms with Gasteiger partial charge >= 0.3 is 0 Å². The van der Waals surface area contributed by atoms with Crippen LogP contribution in [0.25, 0.3) is 49.4 Å². The van der Waals surface area contributed by atoms with Crippen molar-refractivity contribution in [2.24, 2.45) is 0 Å². The van der Waals surface area contributed by atoms with E-state index >= 15 is 0 Å². The summed E-state index contributed by atoms with van der Waals surface area (Å²) < 4.78 is 2.39. The fraction of sp³-hybridized carbons (Fsp3) is 0.0545. The molecule has 12 rings (SSSR count). The van der Waals surface area contributed by atoms with Gasteiger partial charge < -0.3 is 9.47 Å². The van der Waals surface area contributed by atoms with E-state index in [1.54, 1.807) is 0 Å². The number of aromatic nitrogens is 1. The first-order chi connectivity index (χ1) is 28.5. The van der Waals surface area contributed by atoms with Crippen LogP contribution >= 0.6 is 0 Å². The molecule has 0 N–H and O–H groups in total. The Morgan fingerprint density at radius 2 is 1.02 bits per heavy atom. The molecule has 3 heteroatoms. The van der Waals surface area contributed by atoms with E-state index in [-0.39, 0.29) is 0 Å². The molecule has 0 saturated carbocycles. The predicted molar refractivity (Wildman–Crippen MR) is 247 cm³/mol. The van der Waals surface area contributed by atoms with Crippen LogP contribution in [0.5, 0.6) is 0 Å². The molecule has 1 spiro atoms. The molecule has 1 aliphatic carbocycles. The number of hydrogen-bond donors (Lipinski definition) is 0. The second-order valence-corrected chi connectivity index (χ2v) is 20.8. The van der Waals surface area contributed by atoms with Crippen LogP contribution < -0.4 is 15.3 Å². The van der Waals surface area contributed by atoms with Crippen molar-refractivity contribution >= 4 is 68.1 Å². The van der Waals surface area contributed by atoms with E-state index in [0.717, 1.165) is 11.4 Å². The Kier molecular flexibility index (Phi) is 7.03. The molecule has 274 valence electrons. The van der Waals surface area contributed by atoms with Gasteiger partial charge in [0.2, 0.25) is 0 Å². The molecule has 10 aromatic rings. The Morgan fingerprint density at radius 3 is 1.86 bits per heavy atom. The normalized spacial score (nSPS) is 16.0. The molecule has 1 unspecified atom stereocenters. The zero-order valence-corrected chi connectivity index (χ0v) is 33.5. The molecular formula is C55H40N2Si. The monoisotopic (exact) mass is 756 g/mol. The summed E-state index contributed by atoms with van der Waals surface area (Å²) >= 11 is 0. The molecule has 2 aliphatic rings. The minimum Gasteiger partial charge on any atom is -0.310 e. The summed E-state index contributed by atoms with van der Waals surface area (Å²) in [6, 6.07) is 77.3. The first kappa shape index (κ1) is 33.2. The lowest BCUT2D eigenvalue weighted by atomic mass is 9.59. The summed E-state index contributed by atoms with van der Waals surface area (Å²) in [4.78, 5) is 2.47. The zero-order chi connectivity index (χ0) is 38.6. The summed E-state index contributed by atoms with van der Waals surface area (Å²) in [6.45, 7) is 5.11. The molecule has 0 saturated heterocycles. The van der Waals surface area contributed by atoms with Crippen molar-refractivity contribution in [3.8, 4) is 16.8 Å². The molecular weight excluding hydrogens is 717 g/mol. The van der Waals surface area contributed by atoms with Crippen molar-refractivity contribution in [1.82, 2.24) is 4.57 Å². The standard InChI is InChI=1S/C55H40N2Si/c1-58(2)52-30-14-12-27-47(52)55(46-26-11-9-23-42(46)44-25-15-17-37-18-16-28-49(55)54(37)44)48-33-31-41(36-53(48)58)56(38-19-5-3-6-20-38)40-32-34-51-45(35-40)43-24-10-13-29-50(43)57(51)39-21-7-4-8-22-39/h3-36H,1-2H3. The highest BCUT2D eigenvalue weighted by atomic mass is 28.3. The predicted octanol–water partition coefficient (Wildman–Crippen LogP) is 12.9. The first-order valence-electron chi connectivity index (χ1n) is 20.4. The number of fused-ring (bicyclic) bond motifs is 11. The Labute approximate surface area is 339 Å². The lowest BCUT2D eigenvalue weighted by molar-refractivity contribution is 0.754. The van der Waals surface area contributed by atoms with Crippen molar-refractivity contribution < 1.29 is 0 Å². The van der Waals surface area contributed by atoms with Crippen LogP contribution in [0, 0.1) is 0 Å². The van der Waals surface area contributed by atoms with Crippen LogP contribution in [-0.4, -0.2) is 12.6 Å². The van der Waals surface area contributed by atoms with Gasteiger partial charge in [-0.2, -0.15) is 0 Å². The van der Waals surface area contributed by atoms with Crippen molar-refractivity contribution in [3.63, 3.8) is 0 Å². The molecule has 2 nitrogen and oxygen atoms in total. The third-order valence-corrected chi connectivity index (χ3v) is 16.8. The molecule has 1 atom stereocenters. The van der Waals surface area contributed by atoms with E-state index in [1.165, 1.54) is 87.7 Å². The summed E-state index contributed by atoms with van der Waals surface area (Å²) in [7, 11) is -2.26. The minimum atomic E-state index is -2.26. The SMILES string of the molecule is C[Si]1(C)c2ccccc2C2(c3ccccc3-c3cccc4cccc2c34)c2ccc(N(c3ccccc3)c3ccc4c(c3)c3ccccc3n4-c3ccccc3)cc21. The third kappa shape index (κ3) is 4.42. The topological polar surface area (TPSA) is 8.17 Å². The van der Waals surface area contributed by atoms with Gasteiger partial charge in [0.05, 0.1) is 16.4 Å². The van der Waals surface area contributed by atoms with Crippen molar-refractivity contribution in [2.75, 3.05) is 4.90 Å². The van der Waals surface area contributed by atoms with Gasteiger partial charge in [-0.25, -0.2) is 0 Å². The maximum absolute atomic E-state index is 2.56. The van der Waals surface area contributed by atoms with E-state index in [4.69, 9.17) is 0 Å². The minimum absolute atomic E-state index is 0.465. The lowest BCUT2D eigenvalue weighted by Gasteiger charge is -2.50. The maximum atomic E-state index is 2.56. The van der Waals surface area contributed by atoms with Gasteiger partial charge in [0.25, 0.3) is 0 Å². The molecule has 0 bridgehead atoms. The number of hydrogen-bond acceptors (Lipinski definition) is 1. The van der Waals surface area contributed by atoms with E-state index in [1.807, 2.05) is 0 Å². The van der Waals surface area contributed by atoms with Crippen LogP contribution in [0.15, 0.2) is 206 Å². The fourth-order valence-corrected chi connectivity index (χ4v) is 14.0. The molecule has 9 aromatic carbocycles. The van der Waals surface area contributed by atoms with Crippen molar-refractivity contribution in [1.29, 1.82) is 0 Å². The third-order valence-electron chi connectivity index (χ3n) is 13.2. The van der Waals surface area contributed by atoms with E-state index in [0.29, 0.717) is 0 Å². The summed E-state index contributed by atoms with van der Waals surface area (Å²) in [5.41, 5.74) is 14.8. The van der Waals surface area contributed by atoms with Gasteiger partial charge in [-0.3, -0.25) is 0 Å². The Morgan fingerprint density at radius 1 is 0.414 bits per heavy atom. The second kappa shape index (κ2) is 12.3. The molecule has 0 radical (unpaired) electrons. The van der Waals surface area contributed by atoms with Crippen LogP contribution in [0.3, 0.4) is 0 Å². The van der Waals surface area contributed by atoms with Crippen LogP contribution in [0.1, 0.15) is 22.3 Å². The Bertz CT molecular complexity index is 3260.